The van der Waals surface area contributed by atoms with E-state index in [2.05, 4.69) is 0 Å². The van der Waals surface area contributed by atoms with E-state index in [0.29, 0.717) is 12.8 Å². The minimum Gasteiger partial charge on any atom is -0.299 e. The van der Waals surface area contributed by atoms with Crippen molar-refractivity contribution in [1.29, 1.82) is 0 Å². The van der Waals surface area contributed by atoms with Gasteiger partial charge in [0.25, 0.3) is 0 Å². The first kappa shape index (κ1) is 5.83. The van der Waals surface area contributed by atoms with Crippen LogP contribution in [0.4, 0.5) is 0 Å². The Morgan fingerprint density at radius 2 is 1.40 bits per heavy atom. The van der Waals surface area contributed by atoms with Gasteiger partial charge in [0, 0.05) is 24.7 Å². The molecule has 0 N–H and O–H groups in total. The van der Waals surface area contributed by atoms with E-state index in [4.69, 9.17) is 0 Å². The van der Waals surface area contributed by atoms with Gasteiger partial charge in [0.05, 0.1) is 0 Å². The molecule has 52 valence electrons. The Balaban J connectivity index is 2.25. The van der Waals surface area contributed by atoms with Crippen LogP contribution in [0.15, 0.2) is 12.2 Å². The van der Waals surface area contributed by atoms with Crippen LogP contribution < -0.4 is 0 Å². The van der Waals surface area contributed by atoms with Gasteiger partial charge in [-0.15, -0.1) is 0 Å². The van der Waals surface area contributed by atoms with Crippen LogP contribution in [0.1, 0.15) is 12.8 Å². The van der Waals surface area contributed by atoms with Crippen LogP contribution in [-0.4, -0.2) is 11.6 Å². The molecule has 1 saturated carbocycles. The Kier molecular flexibility index (Phi) is 1.04. The summed E-state index contributed by atoms with van der Waals surface area (Å²) < 4.78 is 0. The third-order valence-electron chi connectivity index (χ3n) is 2.27. The molecule has 0 saturated heterocycles. The van der Waals surface area contributed by atoms with Gasteiger partial charge in [-0.1, -0.05) is 12.2 Å². The van der Waals surface area contributed by atoms with Crippen molar-refractivity contribution in [3.63, 3.8) is 0 Å². The normalized spacial score (nSPS) is 37.2. The number of hydrogen-bond donors (Lipinski definition) is 0. The van der Waals surface area contributed by atoms with Crippen LogP contribution in [-0.2, 0) is 9.59 Å². The molecular formula is C8H8O2. The van der Waals surface area contributed by atoms with E-state index >= 15 is 0 Å². The second kappa shape index (κ2) is 1.78. The van der Waals surface area contributed by atoms with Gasteiger partial charge in [-0.05, 0) is 0 Å². The summed E-state index contributed by atoms with van der Waals surface area (Å²) in [6, 6.07) is 0. The van der Waals surface area contributed by atoms with Crippen LogP contribution in [0.5, 0.6) is 0 Å². The quantitative estimate of drug-likeness (QED) is 0.460. The topological polar surface area (TPSA) is 34.1 Å². The van der Waals surface area contributed by atoms with Gasteiger partial charge in [-0.25, -0.2) is 0 Å². The lowest BCUT2D eigenvalue weighted by Crippen LogP contribution is -2.37. The lowest BCUT2D eigenvalue weighted by Gasteiger charge is -2.30. The zero-order valence-corrected chi connectivity index (χ0v) is 5.54. The maximum atomic E-state index is 11.0. The first-order valence-corrected chi connectivity index (χ1v) is 3.53. The monoisotopic (exact) mass is 136 g/mol. The molecule has 0 aromatic carbocycles. The largest absolute Gasteiger partial charge is 0.299 e. The van der Waals surface area contributed by atoms with Gasteiger partial charge in [-0.3, -0.25) is 9.59 Å². The molecule has 2 nitrogen and oxygen atoms in total. The highest BCUT2D eigenvalue weighted by Gasteiger charge is 2.38. The van der Waals surface area contributed by atoms with E-state index < -0.39 is 0 Å². The van der Waals surface area contributed by atoms with E-state index in [9.17, 15) is 9.59 Å². The molecule has 1 fully saturated rings. The fourth-order valence-corrected chi connectivity index (χ4v) is 1.53. The number of carbonyl (C=O) groups excluding carboxylic acids is 2. The van der Waals surface area contributed by atoms with Crippen LogP contribution in [0.2, 0.25) is 0 Å². The molecule has 2 atom stereocenters. The minimum absolute atomic E-state index is 0.0405. The van der Waals surface area contributed by atoms with Gasteiger partial charge >= 0.3 is 0 Å². The van der Waals surface area contributed by atoms with E-state index in [1.54, 1.807) is 0 Å². The van der Waals surface area contributed by atoms with Crippen molar-refractivity contribution in [3.05, 3.63) is 12.2 Å². The average molecular weight is 136 g/mol. The number of fused-ring (bicyclic) bond motifs is 1. The summed E-state index contributed by atoms with van der Waals surface area (Å²) >= 11 is 0. The van der Waals surface area contributed by atoms with Crippen molar-refractivity contribution in [3.8, 4) is 0 Å². The van der Waals surface area contributed by atoms with Crippen molar-refractivity contribution in [2.75, 3.05) is 0 Å². The third kappa shape index (κ3) is 0.589. The molecule has 2 aliphatic carbocycles. The molecule has 0 heterocycles. The van der Waals surface area contributed by atoms with Crippen molar-refractivity contribution in [2.45, 2.75) is 12.8 Å². The summed E-state index contributed by atoms with van der Waals surface area (Å²) in [5.41, 5.74) is 0. The second-order valence-electron chi connectivity index (χ2n) is 2.87. The van der Waals surface area contributed by atoms with E-state index in [1.807, 2.05) is 12.2 Å². The maximum Gasteiger partial charge on any atom is 0.141 e. The molecule has 0 amide bonds. The molecule has 0 aliphatic heterocycles. The summed E-state index contributed by atoms with van der Waals surface area (Å²) in [4.78, 5) is 22.0. The fourth-order valence-electron chi connectivity index (χ4n) is 1.53. The Morgan fingerprint density at radius 3 is 1.70 bits per heavy atom. The molecule has 2 heteroatoms. The first-order valence-electron chi connectivity index (χ1n) is 3.53. The van der Waals surface area contributed by atoms with Crippen molar-refractivity contribution in [1.82, 2.24) is 0 Å². The highest BCUT2D eigenvalue weighted by atomic mass is 16.1. The molecule has 10 heavy (non-hydrogen) atoms. The summed E-state index contributed by atoms with van der Waals surface area (Å²) in [5, 5.41) is 0. The lowest BCUT2D eigenvalue weighted by molar-refractivity contribution is -0.135. The molecule has 0 bridgehead atoms. The smallest absolute Gasteiger partial charge is 0.141 e. The van der Waals surface area contributed by atoms with E-state index in [-0.39, 0.29) is 23.4 Å². The average Bonchev–Trinajstić information content (AvgIpc) is 1.78. The highest BCUT2D eigenvalue weighted by Crippen LogP contribution is 2.33. The van der Waals surface area contributed by atoms with Crippen LogP contribution in [0.25, 0.3) is 0 Å². The molecule has 0 unspecified atom stereocenters. The Bertz CT molecular complexity index is 203. The van der Waals surface area contributed by atoms with Gasteiger partial charge in [0.2, 0.25) is 0 Å². The van der Waals surface area contributed by atoms with Crippen molar-refractivity contribution < 1.29 is 9.59 Å². The molecule has 0 aromatic heterocycles. The van der Waals surface area contributed by atoms with Crippen molar-refractivity contribution in [2.24, 2.45) is 11.8 Å². The minimum atomic E-state index is -0.0405. The van der Waals surface area contributed by atoms with Crippen LogP contribution in [0, 0.1) is 11.8 Å². The third-order valence-corrected chi connectivity index (χ3v) is 2.27. The zero-order chi connectivity index (χ0) is 7.14. The summed E-state index contributed by atoms with van der Waals surface area (Å²) in [5.74, 6) is 0.404. The standard InChI is InChI=1S/C8H8O2/c9-7-3-4-8(10)6-2-1-5(6)7/h1-2,5-6H,3-4H2/t5-,6-/m0/s1. The van der Waals surface area contributed by atoms with E-state index in [1.165, 1.54) is 0 Å². The first-order chi connectivity index (χ1) is 4.79. The second-order valence-corrected chi connectivity index (χ2v) is 2.87. The number of ketones is 2. The Labute approximate surface area is 58.9 Å². The summed E-state index contributed by atoms with van der Waals surface area (Å²) in [6.07, 6.45) is 4.60. The molecule has 2 aliphatic rings. The molecule has 0 spiro atoms. The number of hydrogen-bond acceptors (Lipinski definition) is 2. The van der Waals surface area contributed by atoms with Gasteiger partial charge in [0.1, 0.15) is 11.6 Å². The Hall–Kier alpha value is -0.920. The predicted molar refractivity (Wildman–Crippen MR) is 35.4 cm³/mol. The number of rotatable bonds is 0. The highest BCUT2D eigenvalue weighted by molar-refractivity contribution is 6.00. The Morgan fingerprint density at radius 1 is 1.00 bits per heavy atom. The van der Waals surface area contributed by atoms with Crippen LogP contribution in [0.3, 0.4) is 0 Å². The molecule has 0 aromatic rings. The predicted octanol–water partition coefficient (Wildman–Crippen LogP) is 0.721. The molecular weight excluding hydrogens is 128 g/mol. The SMILES string of the molecule is O=C1CCC(=O)[C@H]2C=C[C@H]12. The van der Waals surface area contributed by atoms with Crippen molar-refractivity contribution >= 4 is 11.6 Å². The zero-order valence-electron chi connectivity index (χ0n) is 5.54. The maximum absolute atomic E-state index is 11.0. The fraction of sp³-hybridized carbons (Fsp3) is 0.500. The summed E-state index contributed by atoms with van der Waals surface area (Å²) in [7, 11) is 0. The van der Waals surface area contributed by atoms with E-state index in [0.717, 1.165) is 0 Å². The number of allylic oxidation sites excluding steroid dienone is 2. The van der Waals surface area contributed by atoms with Gasteiger partial charge in [-0.2, -0.15) is 0 Å². The molecule has 2 rings (SSSR count). The number of Topliss-reactive ketones (excluding diaryl/α,β-unsaturated/α-hetero) is 2. The van der Waals surface area contributed by atoms with Gasteiger partial charge < -0.3 is 0 Å². The summed E-state index contributed by atoms with van der Waals surface area (Å²) in [6.45, 7) is 0. The lowest BCUT2D eigenvalue weighted by atomic mass is 9.70. The van der Waals surface area contributed by atoms with Gasteiger partial charge in [0.15, 0.2) is 0 Å². The molecule has 0 radical (unpaired) electrons. The van der Waals surface area contributed by atoms with Crippen LogP contribution >= 0.6 is 0 Å². The number of carbonyl (C=O) groups is 2.